The maximum absolute atomic E-state index is 13.8. The summed E-state index contributed by atoms with van der Waals surface area (Å²) in [5.74, 6) is -0.102. The van der Waals surface area contributed by atoms with Crippen LogP contribution < -0.4 is 5.32 Å². The summed E-state index contributed by atoms with van der Waals surface area (Å²) in [5, 5.41) is 3.27. The first-order chi connectivity index (χ1) is 8.58. The molecule has 1 aromatic rings. The van der Waals surface area contributed by atoms with Gasteiger partial charge in [0, 0.05) is 24.7 Å². The second-order valence-electron chi connectivity index (χ2n) is 4.86. The molecule has 3 heteroatoms. The van der Waals surface area contributed by atoms with Crippen molar-refractivity contribution >= 4 is 0 Å². The zero-order chi connectivity index (χ0) is 13.5. The van der Waals surface area contributed by atoms with Gasteiger partial charge in [-0.05, 0) is 38.6 Å². The monoisotopic (exact) mass is 252 g/mol. The average molecular weight is 252 g/mol. The van der Waals surface area contributed by atoms with Gasteiger partial charge in [-0.15, -0.1) is 0 Å². The van der Waals surface area contributed by atoms with Crippen molar-refractivity contribution in [3.8, 4) is 0 Å². The van der Waals surface area contributed by atoms with Crippen molar-refractivity contribution in [3.05, 3.63) is 35.1 Å². The number of nitrogens with one attached hydrogen (secondary N) is 1. The van der Waals surface area contributed by atoms with Gasteiger partial charge < -0.3 is 5.32 Å². The molecular weight excluding hydrogens is 227 g/mol. The highest BCUT2D eigenvalue weighted by Gasteiger charge is 2.11. The van der Waals surface area contributed by atoms with Crippen LogP contribution in [0.3, 0.4) is 0 Å². The van der Waals surface area contributed by atoms with E-state index < -0.39 is 0 Å². The summed E-state index contributed by atoms with van der Waals surface area (Å²) >= 11 is 0. The summed E-state index contributed by atoms with van der Waals surface area (Å²) in [6.07, 6.45) is 0. The number of hydrogen-bond acceptors (Lipinski definition) is 2. The third kappa shape index (κ3) is 4.39. The molecule has 0 aromatic heterocycles. The Morgan fingerprint density at radius 3 is 2.56 bits per heavy atom. The number of nitrogens with zero attached hydrogens (tertiary/aromatic N) is 1. The van der Waals surface area contributed by atoms with E-state index in [1.165, 1.54) is 0 Å². The lowest BCUT2D eigenvalue weighted by atomic mass is 10.1. The summed E-state index contributed by atoms with van der Waals surface area (Å²) in [5.41, 5.74) is 1.94. The van der Waals surface area contributed by atoms with Gasteiger partial charge >= 0.3 is 0 Å². The summed E-state index contributed by atoms with van der Waals surface area (Å²) in [7, 11) is 0. The van der Waals surface area contributed by atoms with Gasteiger partial charge in [0.2, 0.25) is 0 Å². The van der Waals surface area contributed by atoms with Crippen LogP contribution >= 0.6 is 0 Å². The van der Waals surface area contributed by atoms with Crippen molar-refractivity contribution in [3.63, 3.8) is 0 Å². The normalized spacial score (nSPS) is 11.5. The van der Waals surface area contributed by atoms with Gasteiger partial charge in [0.05, 0.1) is 0 Å². The third-order valence-electron chi connectivity index (χ3n) is 3.20. The van der Waals surface area contributed by atoms with E-state index >= 15 is 0 Å². The van der Waals surface area contributed by atoms with E-state index in [-0.39, 0.29) is 5.82 Å². The molecule has 0 aliphatic rings. The number of rotatable bonds is 7. The fourth-order valence-corrected chi connectivity index (χ4v) is 2.01. The van der Waals surface area contributed by atoms with Gasteiger partial charge in [0.25, 0.3) is 0 Å². The van der Waals surface area contributed by atoms with E-state index in [2.05, 4.69) is 37.9 Å². The van der Waals surface area contributed by atoms with Gasteiger partial charge in [-0.25, -0.2) is 4.39 Å². The molecule has 0 spiro atoms. The fraction of sp³-hybridized carbons (Fsp3) is 0.600. The molecule has 2 nitrogen and oxygen atoms in total. The van der Waals surface area contributed by atoms with E-state index in [1.807, 2.05) is 12.1 Å². The van der Waals surface area contributed by atoms with Crippen molar-refractivity contribution in [2.45, 2.75) is 46.8 Å². The van der Waals surface area contributed by atoms with Crippen molar-refractivity contribution in [1.29, 1.82) is 0 Å². The average Bonchev–Trinajstić information content (AvgIpc) is 2.35. The summed E-state index contributed by atoms with van der Waals surface area (Å²) in [6.45, 7) is 11.8. The zero-order valence-electron chi connectivity index (χ0n) is 12.0. The van der Waals surface area contributed by atoms with Crippen LogP contribution in [0, 0.1) is 5.82 Å². The molecule has 0 amide bonds. The van der Waals surface area contributed by atoms with Crippen LogP contribution in [0.15, 0.2) is 18.2 Å². The van der Waals surface area contributed by atoms with Crippen LogP contribution in [0.5, 0.6) is 0 Å². The molecule has 0 atom stereocenters. The molecule has 0 bridgehead atoms. The first kappa shape index (κ1) is 15.1. The largest absolute Gasteiger partial charge is 0.313 e. The Balaban J connectivity index is 2.79. The molecule has 18 heavy (non-hydrogen) atoms. The maximum Gasteiger partial charge on any atom is 0.127 e. The lowest BCUT2D eigenvalue weighted by Crippen LogP contribution is -2.30. The molecule has 0 saturated heterocycles. The molecule has 0 unspecified atom stereocenters. The van der Waals surface area contributed by atoms with Crippen LogP contribution in [0.25, 0.3) is 0 Å². The second kappa shape index (κ2) is 7.49. The molecular formula is C15H25FN2. The number of halogens is 1. The van der Waals surface area contributed by atoms with E-state index in [4.69, 9.17) is 0 Å². The predicted molar refractivity (Wildman–Crippen MR) is 75.0 cm³/mol. The minimum Gasteiger partial charge on any atom is -0.313 e. The lowest BCUT2D eigenvalue weighted by Gasteiger charge is -2.25. The van der Waals surface area contributed by atoms with E-state index in [9.17, 15) is 4.39 Å². The number of benzene rings is 1. The first-order valence-corrected chi connectivity index (χ1v) is 6.80. The smallest absolute Gasteiger partial charge is 0.127 e. The lowest BCUT2D eigenvalue weighted by molar-refractivity contribution is 0.222. The van der Waals surface area contributed by atoms with Gasteiger partial charge in [-0.3, -0.25) is 4.90 Å². The SMILES string of the molecule is CCNCc1ccc(F)c(CN(CC)C(C)C)c1. The van der Waals surface area contributed by atoms with E-state index in [0.29, 0.717) is 12.6 Å². The van der Waals surface area contributed by atoms with E-state index in [1.54, 1.807) is 6.07 Å². The topological polar surface area (TPSA) is 15.3 Å². The Hall–Kier alpha value is -0.930. The molecule has 102 valence electrons. The Morgan fingerprint density at radius 2 is 2.00 bits per heavy atom. The fourth-order valence-electron chi connectivity index (χ4n) is 2.01. The maximum atomic E-state index is 13.8. The Morgan fingerprint density at radius 1 is 1.28 bits per heavy atom. The van der Waals surface area contributed by atoms with Crippen LogP contribution in [-0.2, 0) is 13.1 Å². The first-order valence-electron chi connectivity index (χ1n) is 6.80. The molecule has 0 aliphatic carbocycles. The molecule has 0 heterocycles. The summed E-state index contributed by atoms with van der Waals surface area (Å²) in [4.78, 5) is 2.26. The molecule has 0 radical (unpaired) electrons. The summed E-state index contributed by atoms with van der Waals surface area (Å²) < 4.78 is 13.8. The van der Waals surface area contributed by atoms with Gasteiger partial charge in [-0.2, -0.15) is 0 Å². The van der Waals surface area contributed by atoms with Gasteiger partial charge in [-0.1, -0.05) is 26.0 Å². The molecule has 0 aliphatic heterocycles. The highest BCUT2D eigenvalue weighted by atomic mass is 19.1. The van der Waals surface area contributed by atoms with Crippen LogP contribution in [0.1, 0.15) is 38.8 Å². The Bertz CT molecular complexity index is 364. The minimum atomic E-state index is -0.102. The Kier molecular flexibility index (Phi) is 6.30. The molecule has 1 aromatic carbocycles. The third-order valence-corrected chi connectivity index (χ3v) is 3.20. The van der Waals surface area contributed by atoms with Gasteiger partial charge in [0.1, 0.15) is 5.82 Å². The minimum absolute atomic E-state index is 0.102. The standard InChI is InChI=1S/C15H25FN2/c1-5-17-10-13-7-8-15(16)14(9-13)11-18(6-2)12(3)4/h7-9,12,17H,5-6,10-11H2,1-4H3. The highest BCUT2D eigenvalue weighted by Crippen LogP contribution is 2.14. The van der Waals surface area contributed by atoms with Crippen molar-refractivity contribution < 1.29 is 4.39 Å². The zero-order valence-corrected chi connectivity index (χ0v) is 12.0. The molecule has 1 N–H and O–H groups in total. The van der Waals surface area contributed by atoms with E-state index in [0.717, 1.165) is 30.8 Å². The predicted octanol–water partition coefficient (Wildman–Crippen LogP) is 3.17. The highest BCUT2D eigenvalue weighted by molar-refractivity contribution is 5.25. The van der Waals surface area contributed by atoms with Gasteiger partial charge in [0.15, 0.2) is 0 Å². The molecule has 0 fully saturated rings. The summed E-state index contributed by atoms with van der Waals surface area (Å²) in [6, 6.07) is 5.85. The van der Waals surface area contributed by atoms with Crippen LogP contribution in [0.2, 0.25) is 0 Å². The van der Waals surface area contributed by atoms with Crippen molar-refractivity contribution in [2.75, 3.05) is 13.1 Å². The van der Waals surface area contributed by atoms with Crippen molar-refractivity contribution in [1.82, 2.24) is 10.2 Å². The van der Waals surface area contributed by atoms with Crippen LogP contribution in [-0.4, -0.2) is 24.0 Å². The Labute approximate surface area is 110 Å². The van der Waals surface area contributed by atoms with Crippen molar-refractivity contribution in [2.24, 2.45) is 0 Å². The number of hydrogen-bond donors (Lipinski definition) is 1. The quantitative estimate of drug-likeness (QED) is 0.802. The molecule has 1 rings (SSSR count). The van der Waals surface area contributed by atoms with Crippen LogP contribution in [0.4, 0.5) is 4.39 Å². The molecule has 0 saturated carbocycles. The second-order valence-corrected chi connectivity index (χ2v) is 4.86.